The fourth-order valence-corrected chi connectivity index (χ4v) is 2.61. The number of nitrogens with one attached hydrogen (secondary N) is 1. The number of benzene rings is 1. The van der Waals surface area contributed by atoms with Crippen LogP contribution < -0.4 is 15.8 Å². The molecule has 1 amide bonds. The molecular weight excluding hydrogens is 270 g/mol. The topological polar surface area (TPSA) is 87.8 Å². The van der Waals surface area contributed by atoms with Gasteiger partial charge in [-0.3, -0.25) is 0 Å². The molecular formula is C15H23N3O3. The summed E-state index contributed by atoms with van der Waals surface area (Å²) in [4.78, 5) is 12.3. The SMILES string of the molecule is COc1ccc(N)c(CCNC2CCN(C(=O)O)CC2)c1. The van der Waals surface area contributed by atoms with E-state index in [0.717, 1.165) is 42.8 Å². The molecule has 2 rings (SSSR count). The first-order valence-corrected chi connectivity index (χ1v) is 7.24. The normalized spacial score (nSPS) is 16.0. The Labute approximate surface area is 124 Å². The Balaban J connectivity index is 1.76. The van der Waals surface area contributed by atoms with Gasteiger partial charge >= 0.3 is 6.09 Å². The average molecular weight is 293 g/mol. The monoisotopic (exact) mass is 293 g/mol. The molecule has 0 bridgehead atoms. The van der Waals surface area contributed by atoms with E-state index in [1.54, 1.807) is 7.11 Å². The van der Waals surface area contributed by atoms with E-state index >= 15 is 0 Å². The number of carboxylic acid groups (broad SMARTS) is 1. The Bertz CT molecular complexity index is 485. The summed E-state index contributed by atoms with van der Waals surface area (Å²) in [6.45, 7) is 2.04. The molecule has 0 atom stereocenters. The van der Waals surface area contributed by atoms with Crippen molar-refractivity contribution >= 4 is 11.8 Å². The summed E-state index contributed by atoms with van der Waals surface area (Å²) < 4.78 is 5.20. The number of methoxy groups -OCH3 is 1. The molecule has 116 valence electrons. The van der Waals surface area contributed by atoms with Gasteiger partial charge in [0.2, 0.25) is 0 Å². The van der Waals surface area contributed by atoms with E-state index in [9.17, 15) is 4.79 Å². The van der Waals surface area contributed by atoms with Crippen molar-refractivity contribution in [2.24, 2.45) is 0 Å². The predicted molar refractivity (Wildman–Crippen MR) is 81.7 cm³/mol. The van der Waals surface area contributed by atoms with E-state index < -0.39 is 6.09 Å². The van der Waals surface area contributed by atoms with Gasteiger partial charge in [-0.1, -0.05) is 0 Å². The van der Waals surface area contributed by atoms with Crippen molar-refractivity contribution in [3.05, 3.63) is 23.8 Å². The first-order chi connectivity index (χ1) is 10.1. The molecule has 21 heavy (non-hydrogen) atoms. The Morgan fingerprint density at radius 3 is 2.81 bits per heavy atom. The summed E-state index contributed by atoms with van der Waals surface area (Å²) in [5, 5.41) is 12.4. The van der Waals surface area contributed by atoms with Crippen LogP contribution in [0.1, 0.15) is 18.4 Å². The van der Waals surface area contributed by atoms with Gasteiger partial charge in [-0.15, -0.1) is 0 Å². The fraction of sp³-hybridized carbons (Fsp3) is 0.533. The smallest absolute Gasteiger partial charge is 0.407 e. The van der Waals surface area contributed by atoms with E-state index in [2.05, 4.69) is 5.32 Å². The van der Waals surface area contributed by atoms with Crippen LogP contribution in [0.5, 0.6) is 5.75 Å². The Hall–Kier alpha value is -1.95. The number of hydrogen-bond donors (Lipinski definition) is 3. The fourth-order valence-electron chi connectivity index (χ4n) is 2.61. The number of amides is 1. The van der Waals surface area contributed by atoms with Gasteiger partial charge in [0.25, 0.3) is 0 Å². The van der Waals surface area contributed by atoms with E-state index in [1.807, 2.05) is 18.2 Å². The number of rotatable bonds is 5. The Kier molecular flexibility index (Phi) is 5.27. The second-order valence-electron chi connectivity index (χ2n) is 5.31. The van der Waals surface area contributed by atoms with E-state index in [1.165, 1.54) is 4.90 Å². The summed E-state index contributed by atoms with van der Waals surface area (Å²) in [6.07, 6.45) is 1.74. The molecule has 1 heterocycles. The maximum Gasteiger partial charge on any atom is 0.407 e. The highest BCUT2D eigenvalue weighted by molar-refractivity contribution is 5.65. The lowest BCUT2D eigenvalue weighted by atomic mass is 10.0. The molecule has 0 aromatic heterocycles. The van der Waals surface area contributed by atoms with Gasteiger partial charge in [-0.2, -0.15) is 0 Å². The van der Waals surface area contributed by atoms with Gasteiger partial charge in [-0.05, 0) is 49.6 Å². The molecule has 1 aromatic rings. The van der Waals surface area contributed by atoms with Gasteiger partial charge in [0, 0.05) is 24.8 Å². The molecule has 4 N–H and O–H groups in total. The molecule has 1 fully saturated rings. The zero-order chi connectivity index (χ0) is 15.2. The number of carbonyl (C=O) groups is 1. The lowest BCUT2D eigenvalue weighted by Gasteiger charge is -2.30. The van der Waals surface area contributed by atoms with Crippen LogP contribution in [-0.2, 0) is 6.42 Å². The molecule has 0 aliphatic carbocycles. The molecule has 1 saturated heterocycles. The molecule has 0 saturated carbocycles. The van der Waals surface area contributed by atoms with Gasteiger partial charge in [-0.25, -0.2) is 4.79 Å². The number of anilines is 1. The third-order valence-electron chi connectivity index (χ3n) is 3.94. The second-order valence-corrected chi connectivity index (χ2v) is 5.31. The lowest BCUT2D eigenvalue weighted by Crippen LogP contribution is -2.44. The average Bonchev–Trinajstić information content (AvgIpc) is 2.49. The molecule has 0 radical (unpaired) electrons. The maximum atomic E-state index is 10.8. The summed E-state index contributed by atoms with van der Waals surface area (Å²) >= 11 is 0. The Morgan fingerprint density at radius 1 is 1.48 bits per heavy atom. The second kappa shape index (κ2) is 7.17. The van der Waals surface area contributed by atoms with Crippen LogP contribution in [-0.4, -0.2) is 48.9 Å². The molecule has 6 heteroatoms. The maximum absolute atomic E-state index is 10.8. The lowest BCUT2D eigenvalue weighted by molar-refractivity contribution is 0.129. The molecule has 1 aliphatic rings. The van der Waals surface area contributed by atoms with Crippen LogP contribution in [0.25, 0.3) is 0 Å². The van der Waals surface area contributed by atoms with E-state index in [4.69, 9.17) is 15.6 Å². The molecule has 1 aliphatic heterocycles. The highest BCUT2D eigenvalue weighted by Crippen LogP contribution is 2.20. The molecule has 0 spiro atoms. The number of likely N-dealkylation sites (tertiary alicyclic amines) is 1. The predicted octanol–water partition coefficient (Wildman–Crippen LogP) is 1.55. The zero-order valence-corrected chi connectivity index (χ0v) is 12.3. The van der Waals surface area contributed by atoms with E-state index in [-0.39, 0.29) is 0 Å². The Morgan fingerprint density at radius 2 is 2.19 bits per heavy atom. The van der Waals surface area contributed by atoms with Crippen LogP contribution in [0.4, 0.5) is 10.5 Å². The van der Waals surface area contributed by atoms with Gasteiger partial charge in [0.15, 0.2) is 0 Å². The van der Waals surface area contributed by atoms with Crippen molar-refractivity contribution in [2.75, 3.05) is 32.5 Å². The highest BCUT2D eigenvalue weighted by Gasteiger charge is 2.21. The zero-order valence-electron chi connectivity index (χ0n) is 12.3. The highest BCUT2D eigenvalue weighted by atomic mass is 16.5. The van der Waals surface area contributed by atoms with Gasteiger partial charge < -0.3 is 25.8 Å². The summed E-state index contributed by atoms with van der Waals surface area (Å²) in [5.74, 6) is 0.814. The number of nitrogens with zero attached hydrogens (tertiary/aromatic N) is 1. The van der Waals surface area contributed by atoms with Crippen molar-refractivity contribution in [2.45, 2.75) is 25.3 Å². The number of piperidine rings is 1. The third-order valence-corrected chi connectivity index (χ3v) is 3.94. The molecule has 6 nitrogen and oxygen atoms in total. The van der Waals surface area contributed by atoms with Crippen LogP contribution >= 0.6 is 0 Å². The molecule has 0 unspecified atom stereocenters. The third kappa shape index (κ3) is 4.26. The largest absolute Gasteiger partial charge is 0.497 e. The van der Waals surface area contributed by atoms with E-state index in [0.29, 0.717) is 19.1 Å². The van der Waals surface area contributed by atoms with Crippen molar-refractivity contribution in [3.63, 3.8) is 0 Å². The van der Waals surface area contributed by atoms with Crippen molar-refractivity contribution in [1.82, 2.24) is 10.2 Å². The minimum atomic E-state index is -0.822. The van der Waals surface area contributed by atoms with Crippen LogP contribution in [0.3, 0.4) is 0 Å². The number of hydrogen-bond acceptors (Lipinski definition) is 4. The standard InChI is InChI=1S/C15H23N3O3/c1-21-13-2-3-14(16)11(10-13)4-7-17-12-5-8-18(9-6-12)15(19)20/h2-3,10,12,17H,4-9,16H2,1H3,(H,19,20). The summed E-state index contributed by atoms with van der Waals surface area (Å²) in [6, 6.07) is 6.06. The quantitative estimate of drug-likeness (QED) is 0.717. The molecule has 1 aromatic carbocycles. The number of nitrogens with two attached hydrogens (primary N) is 1. The van der Waals surface area contributed by atoms with Crippen molar-refractivity contribution in [3.8, 4) is 5.75 Å². The van der Waals surface area contributed by atoms with Crippen LogP contribution in [0, 0.1) is 0 Å². The number of ether oxygens (including phenoxy) is 1. The van der Waals surface area contributed by atoms with Crippen LogP contribution in [0.2, 0.25) is 0 Å². The number of nitrogen functional groups attached to an aromatic ring is 1. The summed E-state index contributed by atoms with van der Waals surface area (Å²) in [7, 11) is 1.64. The van der Waals surface area contributed by atoms with Crippen molar-refractivity contribution in [1.29, 1.82) is 0 Å². The van der Waals surface area contributed by atoms with Crippen molar-refractivity contribution < 1.29 is 14.6 Å². The van der Waals surface area contributed by atoms with Gasteiger partial charge in [0.1, 0.15) is 5.75 Å². The first kappa shape index (κ1) is 15.4. The minimum Gasteiger partial charge on any atom is -0.497 e. The first-order valence-electron chi connectivity index (χ1n) is 7.24. The summed E-state index contributed by atoms with van der Waals surface area (Å²) in [5.41, 5.74) is 7.81. The minimum absolute atomic E-state index is 0.382. The van der Waals surface area contributed by atoms with Crippen LogP contribution in [0.15, 0.2) is 18.2 Å². The van der Waals surface area contributed by atoms with Gasteiger partial charge in [0.05, 0.1) is 7.11 Å².